The van der Waals surface area contributed by atoms with E-state index >= 15 is 0 Å². The lowest BCUT2D eigenvalue weighted by atomic mass is 9.51. The zero-order valence-corrected chi connectivity index (χ0v) is 24.1. The maximum absolute atomic E-state index is 14.0. The molecule has 12 heteroatoms. The lowest BCUT2D eigenvalue weighted by Crippen LogP contribution is -2.70. The number of benzene rings is 2. The Morgan fingerprint density at radius 2 is 1.77 bits per heavy atom. The monoisotopic (exact) mass is 590 g/mol. The van der Waals surface area contributed by atoms with Crippen LogP contribution in [0, 0.1) is 17.8 Å². The Hall–Kier alpha value is -4.52. The second-order valence-corrected chi connectivity index (χ2v) is 12.1. The van der Waals surface area contributed by atoms with Gasteiger partial charge in [0.1, 0.15) is 22.8 Å². The molecule has 0 radical (unpaired) electrons. The number of allylic oxidation sites excluding steroid dienone is 1. The second kappa shape index (κ2) is 10.0. The highest BCUT2D eigenvalue weighted by Gasteiger charge is 2.68. The minimum Gasteiger partial charge on any atom is -0.509 e. The van der Waals surface area contributed by atoms with Crippen molar-refractivity contribution in [3.05, 3.63) is 70.2 Å². The standard InChI is InChI=1S/C31H34N4O8/c1-13-17-11-18-16(14-6-5-7-15(10-14)34-20(37)12-35(3)4)8-9-19(36)21(18)24(38)22(17)27(40)31(43)25(13)30(2,33)26(39)23(28(31)41)29(32)42/h5-10,13,17,25,36,39-40,43H,11-12,33H2,1-4H3,(H2,32,42)(H,34,37)/t13?,17-,25+,30+,31+/m1/s1. The van der Waals surface area contributed by atoms with E-state index < -0.39 is 63.5 Å². The third kappa shape index (κ3) is 4.32. The molecule has 0 aromatic heterocycles. The van der Waals surface area contributed by atoms with Gasteiger partial charge in [-0.3, -0.25) is 19.2 Å². The van der Waals surface area contributed by atoms with Crippen LogP contribution < -0.4 is 16.8 Å². The van der Waals surface area contributed by atoms with Gasteiger partial charge in [0, 0.05) is 17.2 Å². The Kier molecular flexibility index (Phi) is 6.99. The van der Waals surface area contributed by atoms with Crippen molar-refractivity contribution >= 4 is 29.1 Å². The molecule has 9 N–H and O–H groups in total. The first-order valence-corrected chi connectivity index (χ1v) is 13.7. The number of aromatic hydroxyl groups is 1. The third-order valence-corrected chi connectivity index (χ3v) is 8.91. The number of hydrogen-bond donors (Lipinski definition) is 7. The number of nitrogens with one attached hydrogen (secondary N) is 1. The summed E-state index contributed by atoms with van der Waals surface area (Å²) < 4.78 is 0. The SMILES string of the molecule is CC1[C@@H]2[C@@](O)(C(=O)C(C(N)=O)=C(O)[C@@]2(C)N)C(O)=C2C(=O)c3c(O)ccc(-c4cccc(NC(=O)CN(C)C)c4)c3C[C@@H]21. The van der Waals surface area contributed by atoms with Crippen LogP contribution in [0.15, 0.2) is 59.1 Å². The van der Waals surface area contributed by atoms with Crippen LogP contribution in [0.3, 0.4) is 0 Å². The van der Waals surface area contributed by atoms with E-state index in [1.165, 1.54) is 13.0 Å². The highest BCUT2D eigenvalue weighted by molar-refractivity contribution is 6.25. The quantitative estimate of drug-likeness (QED) is 0.248. The summed E-state index contributed by atoms with van der Waals surface area (Å²) in [5.41, 5.74) is 7.94. The average molecular weight is 591 g/mol. The number of fused-ring (bicyclic) bond motifs is 3. The van der Waals surface area contributed by atoms with E-state index in [0.29, 0.717) is 22.4 Å². The molecule has 12 nitrogen and oxygen atoms in total. The molecule has 226 valence electrons. The smallest absolute Gasteiger partial charge is 0.255 e. The summed E-state index contributed by atoms with van der Waals surface area (Å²) in [5, 5.41) is 47.8. The van der Waals surface area contributed by atoms with Crippen LogP contribution >= 0.6 is 0 Å². The molecule has 0 heterocycles. The third-order valence-electron chi connectivity index (χ3n) is 8.91. The summed E-state index contributed by atoms with van der Waals surface area (Å²) >= 11 is 0. The van der Waals surface area contributed by atoms with Crippen LogP contribution in [0.4, 0.5) is 5.69 Å². The fraction of sp³-hybridized carbons (Fsp3) is 0.355. The Morgan fingerprint density at radius 3 is 2.40 bits per heavy atom. The molecule has 2 aromatic carbocycles. The van der Waals surface area contributed by atoms with Gasteiger partial charge in [0.15, 0.2) is 11.4 Å². The van der Waals surface area contributed by atoms with Gasteiger partial charge in [-0.05, 0) is 74.2 Å². The Labute approximate surface area is 247 Å². The predicted molar refractivity (Wildman–Crippen MR) is 156 cm³/mol. The Bertz CT molecular complexity index is 1670. The van der Waals surface area contributed by atoms with E-state index in [-0.39, 0.29) is 35.8 Å². The van der Waals surface area contributed by atoms with Crippen molar-refractivity contribution < 1.29 is 39.6 Å². The molecule has 3 aliphatic carbocycles. The zero-order valence-electron chi connectivity index (χ0n) is 24.1. The number of phenolic OH excluding ortho intramolecular Hbond substituents is 1. The van der Waals surface area contributed by atoms with Crippen molar-refractivity contribution in [1.29, 1.82) is 0 Å². The number of likely N-dealkylation sites (N-methyl/N-ethyl adjacent to an activating group) is 1. The lowest BCUT2D eigenvalue weighted by Gasteiger charge is -2.55. The van der Waals surface area contributed by atoms with Crippen LogP contribution in [0.25, 0.3) is 11.1 Å². The van der Waals surface area contributed by atoms with Crippen molar-refractivity contribution in [2.45, 2.75) is 31.4 Å². The van der Waals surface area contributed by atoms with Crippen molar-refractivity contribution in [2.24, 2.45) is 29.2 Å². The Morgan fingerprint density at radius 1 is 1.09 bits per heavy atom. The summed E-state index contributed by atoms with van der Waals surface area (Å²) in [7, 11) is 3.54. The number of amides is 2. The van der Waals surface area contributed by atoms with Gasteiger partial charge in [-0.25, -0.2) is 0 Å². The number of Topliss-reactive ketones (excluding diaryl/α,β-unsaturated/α-hetero) is 2. The van der Waals surface area contributed by atoms with E-state index in [9.17, 15) is 39.6 Å². The number of aliphatic hydroxyl groups is 3. The Balaban J connectivity index is 1.66. The van der Waals surface area contributed by atoms with Gasteiger partial charge < -0.3 is 42.1 Å². The lowest BCUT2D eigenvalue weighted by molar-refractivity contribution is -0.153. The summed E-state index contributed by atoms with van der Waals surface area (Å²) in [6.07, 6.45) is 0.0899. The molecular weight excluding hydrogens is 556 g/mol. The molecule has 0 fully saturated rings. The number of carbonyl (C=O) groups is 4. The number of phenols is 1. The van der Waals surface area contributed by atoms with Gasteiger partial charge in [0.2, 0.25) is 11.7 Å². The number of nitrogens with two attached hydrogens (primary N) is 2. The summed E-state index contributed by atoms with van der Waals surface area (Å²) in [6, 6.07) is 9.97. The summed E-state index contributed by atoms with van der Waals surface area (Å²) in [5.74, 6) is -8.83. The fourth-order valence-corrected chi connectivity index (χ4v) is 7.12. The minimum atomic E-state index is -2.83. The molecule has 0 saturated carbocycles. The van der Waals surface area contributed by atoms with Gasteiger partial charge in [0.05, 0.1) is 17.6 Å². The summed E-state index contributed by atoms with van der Waals surface area (Å²) in [4.78, 5) is 53.7. The molecule has 5 atom stereocenters. The van der Waals surface area contributed by atoms with Crippen molar-refractivity contribution in [3.8, 4) is 16.9 Å². The largest absolute Gasteiger partial charge is 0.509 e. The molecule has 5 rings (SSSR count). The highest BCUT2D eigenvalue weighted by Crippen LogP contribution is 2.56. The van der Waals surface area contributed by atoms with E-state index in [2.05, 4.69) is 5.32 Å². The van der Waals surface area contributed by atoms with Gasteiger partial charge >= 0.3 is 0 Å². The van der Waals surface area contributed by atoms with Gasteiger partial charge in [0.25, 0.3) is 5.91 Å². The molecule has 0 bridgehead atoms. The molecule has 43 heavy (non-hydrogen) atoms. The molecular formula is C31H34N4O8. The maximum Gasteiger partial charge on any atom is 0.255 e. The number of primary amides is 1. The first-order chi connectivity index (χ1) is 20.0. The molecule has 0 saturated heterocycles. The molecule has 0 aliphatic heterocycles. The second-order valence-electron chi connectivity index (χ2n) is 12.1. The van der Waals surface area contributed by atoms with Crippen LogP contribution in [0.2, 0.25) is 0 Å². The normalized spacial score (nSPS) is 28.4. The molecule has 2 aromatic rings. The van der Waals surface area contributed by atoms with E-state index in [4.69, 9.17) is 11.5 Å². The number of anilines is 1. The average Bonchev–Trinajstić information content (AvgIpc) is 2.90. The van der Waals surface area contributed by atoms with Crippen LogP contribution in [0.5, 0.6) is 5.75 Å². The van der Waals surface area contributed by atoms with Crippen LogP contribution in [-0.4, -0.2) is 80.5 Å². The number of carbonyl (C=O) groups excluding carboxylic acids is 4. The maximum atomic E-state index is 14.0. The van der Waals surface area contributed by atoms with Gasteiger partial charge in [-0.1, -0.05) is 25.1 Å². The van der Waals surface area contributed by atoms with Gasteiger partial charge in [-0.15, -0.1) is 0 Å². The van der Waals surface area contributed by atoms with Crippen molar-refractivity contribution in [2.75, 3.05) is 26.0 Å². The van der Waals surface area contributed by atoms with Crippen LogP contribution in [0.1, 0.15) is 29.8 Å². The number of hydrogen-bond acceptors (Lipinski definition) is 10. The van der Waals surface area contributed by atoms with E-state index in [0.717, 1.165) is 0 Å². The van der Waals surface area contributed by atoms with Crippen LogP contribution in [-0.2, 0) is 20.8 Å². The molecule has 0 spiro atoms. The topological polar surface area (TPSA) is 217 Å². The highest BCUT2D eigenvalue weighted by atomic mass is 16.3. The molecule has 3 aliphatic rings. The predicted octanol–water partition coefficient (Wildman–Crippen LogP) is 1.32. The molecule has 1 unspecified atom stereocenters. The fourth-order valence-electron chi connectivity index (χ4n) is 7.12. The zero-order chi connectivity index (χ0) is 31.8. The van der Waals surface area contributed by atoms with E-state index in [1.54, 1.807) is 56.3 Å². The van der Waals surface area contributed by atoms with Gasteiger partial charge in [-0.2, -0.15) is 0 Å². The first kappa shape index (κ1) is 30.0. The number of aliphatic hydroxyl groups excluding tert-OH is 2. The number of rotatable bonds is 5. The molecule has 2 amide bonds. The summed E-state index contributed by atoms with van der Waals surface area (Å²) in [6.45, 7) is 3.12. The van der Waals surface area contributed by atoms with Crippen molar-refractivity contribution in [1.82, 2.24) is 4.90 Å². The number of ketones is 2. The first-order valence-electron chi connectivity index (χ1n) is 13.7. The van der Waals surface area contributed by atoms with E-state index in [1.807, 2.05) is 0 Å². The number of nitrogens with zero attached hydrogens (tertiary/aromatic N) is 1. The minimum absolute atomic E-state index is 0.0899. The van der Waals surface area contributed by atoms with Crippen molar-refractivity contribution in [3.63, 3.8) is 0 Å².